The summed E-state index contributed by atoms with van der Waals surface area (Å²) in [4.78, 5) is 33.9. The number of nitrogen functional groups attached to an aromatic ring is 1. The highest BCUT2D eigenvalue weighted by Gasteiger charge is 2.39. The van der Waals surface area contributed by atoms with Crippen molar-refractivity contribution < 1.29 is 56.0 Å². The molecule has 2 aromatic heterocycles. The molecule has 1 aromatic carbocycles. The number of benzene rings is 1. The molecule has 0 radical (unpaired) electrons. The van der Waals surface area contributed by atoms with Gasteiger partial charge in [-0.3, -0.25) is 5.10 Å². The summed E-state index contributed by atoms with van der Waals surface area (Å²) in [5.74, 6) is -6.48. The number of carbonyl (C=O) groups is 3. The van der Waals surface area contributed by atoms with Crippen molar-refractivity contribution in [2.45, 2.75) is 25.2 Å². The Bertz CT molecular complexity index is 1440. The van der Waals surface area contributed by atoms with E-state index >= 15 is 0 Å². The molecule has 0 amide bonds. The van der Waals surface area contributed by atoms with E-state index in [0.717, 1.165) is 16.8 Å². The number of anilines is 1. The third kappa shape index (κ3) is 7.00. The SMILES string of the molecule is N#Cc1c(N)nc2c(c1-c1ccccc1C(=O)O)CCc1[nH]ncc1-2.O=C(O)C(F)(F)F.O=C(O)C(F)(F)F. The van der Waals surface area contributed by atoms with Crippen LogP contribution in [0.4, 0.5) is 32.2 Å². The third-order valence-electron chi connectivity index (χ3n) is 4.95. The Kier molecular flexibility index (Phi) is 8.87. The van der Waals surface area contributed by atoms with E-state index in [0.29, 0.717) is 29.7 Å². The molecule has 0 spiro atoms. The quantitative estimate of drug-likeness (QED) is 0.288. The van der Waals surface area contributed by atoms with Crippen LogP contribution in [0.2, 0.25) is 0 Å². The Morgan fingerprint density at radius 3 is 1.97 bits per heavy atom. The van der Waals surface area contributed by atoms with E-state index in [1.165, 1.54) is 6.07 Å². The lowest BCUT2D eigenvalue weighted by Crippen LogP contribution is -2.21. The number of nitriles is 1. The maximum absolute atomic E-state index is 11.7. The Labute approximate surface area is 213 Å². The first kappa shape index (κ1) is 30.1. The van der Waals surface area contributed by atoms with Crippen LogP contribution in [0.25, 0.3) is 22.4 Å². The number of nitrogens with one attached hydrogen (secondary N) is 1. The number of H-pyrrole nitrogens is 1. The van der Waals surface area contributed by atoms with Crippen LogP contribution in [0.1, 0.15) is 27.2 Å². The van der Waals surface area contributed by atoms with Crippen molar-refractivity contribution in [1.29, 1.82) is 5.26 Å². The average Bonchev–Trinajstić information content (AvgIpc) is 3.32. The molecular formula is C22H15F6N5O6. The van der Waals surface area contributed by atoms with Gasteiger partial charge in [-0.25, -0.2) is 19.4 Å². The third-order valence-corrected chi connectivity index (χ3v) is 4.95. The molecule has 2 heterocycles. The number of carboxylic acid groups (broad SMARTS) is 3. The van der Waals surface area contributed by atoms with E-state index in [1.807, 2.05) is 0 Å². The zero-order valence-electron chi connectivity index (χ0n) is 19.1. The average molecular weight is 559 g/mol. The van der Waals surface area contributed by atoms with Gasteiger partial charge in [-0.15, -0.1) is 0 Å². The van der Waals surface area contributed by atoms with Gasteiger partial charge in [-0.1, -0.05) is 18.2 Å². The number of nitrogens with zero attached hydrogens (tertiary/aromatic N) is 3. The summed E-state index contributed by atoms with van der Waals surface area (Å²) in [7, 11) is 0. The maximum Gasteiger partial charge on any atom is 0.490 e. The molecule has 4 rings (SSSR count). The number of aromatic amines is 1. The van der Waals surface area contributed by atoms with Gasteiger partial charge in [0.25, 0.3) is 0 Å². The topological polar surface area (TPSA) is 203 Å². The minimum absolute atomic E-state index is 0.0884. The number of halogens is 6. The number of nitrogens with two attached hydrogens (primary N) is 1. The number of aryl methyl sites for hydroxylation is 1. The molecule has 11 nitrogen and oxygen atoms in total. The van der Waals surface area contributed by atoms with Crippen molar-refractivity contribution in [2.75, 3.05) is 5.73 Å². The van der Waals surface area contributed by atoms with Gasteiger partial charge in [0.05, 0.1) is 17.5 Å². The number of carboxylic acids is 3. The van der Waals surface area contributed by atoms with Crippen LogP contribution in [0.3, 0.4) is 0 Å². The number of aromatic carboxylic acids is 1. The predicted molar refractivity (Wildman–Crippen MR) is 118 cm³/mol. The summed E-state index contributed by atoms with van der Waals surface area (Å²) in [6.07, 6.45) is -7.16. The van der Waals surface area contributed by atoms with Crippen LogP contribution in [0, 0.1) is 11.3 Å². The molecule has 0 aliphatic heterocycles. The Balaban J connectivity index is 0.000000317. The molecular weight excluding hydrogens is 544 g/mol. The first-order valence-electron chi connectivity index (χ1n) is 10.2. The molecule has 0 bridgehead atoms. The second kappa shape index (κ2) is 11.5. The van der Waals surface area contributed by atoms with Gasteiger partial charge in [0.15, 0.2) is 0 Å². The fourth-order valence-corrected chi connectivity index (χ4v) is 3.36. The maximum atomic E-state index is 11.7. The lowest BCUT2D eigenvalue weighted by atomic mass is 9.84. The van der Waals surface area contributed by atoms with Gasteiger partial charge in [0.1, 0.15) is 17.5 Å². The summed E-state index contributed by atoms with van der Waals surface area (Å²) in [5.41, 5.74) is 10.7. The highest BCUT2D eigenvalue weighted by molar-refractivity contribution is 5.99. The molecule has 3 aromatic rings. The minimum atomic E-state index is -5.08. The van der Waals surface area contributed by atoms with Gasteiger partial charge in [-0.2, -0.15) is 36.7 Å². The van der Waals surface area contributed by atoms with Crippen molar-refractivity contribution in [1.82, 2.24) is 15.2 Å². The van der Waals surface area contributed by atoms with Crippen LogP contribution in [0.15, 0.2) is 30.5 Å². The van der Waals surface area contributed by atoms with Crippen LogP contribution in [-0.2, 0) is 22.4 Å². The van der Waals surface area contributed by atoms with Gasteiger partial charge >= 0.3 is 30.3 Å². The molecule has 0 fully saturated rings. The van der Waals surface area contributed by atoms with Crippen molar-refractivity contribution >= 4 is 23.7 Å². The molecule has 0 saturated carbocycles. The van der Waals surface area contributed by atoms with E-state index in [-0.39, 0.29) is 16.9 Å². The highest BCUT2D eigenvalue weighted by atomic mass is 19.4. The fraction of sp³-hybridized carbons (Fsp3) is 0.182. The summed E-state index contributed by atoms with van der Waals surface area (Å²) >= 11 is 0. The number of fused-ring (bicyclic) bond motifs is 3. The van der Waals surface area contributed by atoms with Gasteiger partial charge in [0.2, 0.25) is 0 Å². The van der Waals surface area contributed by atoms with Crippen molar-refractivity contribution in [3.05, 3.63) is 52.8 Å². The number of hydrogen-bond acceptors (Lipinski definition) is 7. The summed E-state index contributed by atoms with van der Waals surface area (Å²) in [5, 5.41) is 40.4. The molecule has 1 aliphatic rings. The van der Waals surface area contributed by atoms with Crippen LogP contribution >= 0.6 is 0 Å². The molecule has 1 aliphatic carbocycles. The van der Waals surface area contributed by atoms with E-state index in [1.54, 1.807) is 24.4 Å². The number of aliphatic carboxylic acids is 2. The normalized spacial score (nSPS) is 11.8. The number of pyridine rings is 1. The smallest absolute Gasteiger partial charge is 0.478 e. The summed E-state index contributed by atoms with van der Waals surface area (Å²) < 4.78 is 63.5. The first-order chi connectivity index (χ1) is 18.0. The Morgan fingerprint density at radius 2 is 1.49 bits per heavy atom. The van der Waals surface area contributed by atoms with Gasteiger partial charge in [0, 0.05) is 16.8 Å². The Hall–Kier alpha value is -5.14. The highest BCUT2D eigenvalue weighted by Crippen LogP contribution is 2.41. The van der Waals surface area contributed by atoms with Crippen molar-refractivity contribution in [3.63, 3.8) is 0 Å². The molecule has 0 saturated heterocycles. The van der Waals surface area contributed by atoms with Crippen LogP contribution in [-0.4, -0.2) is 60.8 Å². The predicted octanol–water partition coefficient (Wildman–Crippen LogP) is 3.66. The number of rotatable bonds is 2. The summed E-state index contributed by atoms with van der Waals surface area (Å²) in [6, 6.07) is 8.72. The molecule has 17 heteroatoms. The monoisotopic (exact) mass is 559 g/mol. The lowest BCUT2D eigenvalue weighted by Gasteiger charge is -2.21. The lowest BCUT2D eigenvalue weighted by molar-refractivity contribution is -0.193. The van der Waals surface area contributed by atoms with E-state index in [4.69, 9.17) is 25.5 Å². The minimum Gasteiger partial charge on any atom is -0.478 e. The standard InChI is InChI=1S/C18H13N5O2.2C2HF3O2/c19-7-12-15(9-3-1-2-4-10(9)18(24)25)11-5-6-14-13(8-21-23-14)16(11)22-17(12)20;2*3-2(4,5)1(6)7/h1-4,8H,5-6H2,(H2,20,22)(H,21,23)(H,24,25);2*(H,6,7). The molecule has 0 unspecified atom stereocenters. The number of aromatic nitrogens is 3. The molecule has 39 heavy (non-hydrogen) atoms. The Morgan fingerprint density at radius 1 is 0.949 bits per heavy atom. The second-order valence-corrected chi connectivity index (χ2v) is 7.40. The second-order valence-electron chi connectivity index (χ2n) is 7.40. The van der Waals surface area contributed by atoms with Crippen molar-refractivity contribution in [2.24, 2.45) is 0 Å². The van der Waals surface area contributed by atoms with E-state index < -0.39 is 30.3 Å². The van der Waals surface area contributed by atoms with Gasteiger partial charge < -0.3 is 21.1 Å². The molecule has 6 N–H and O–H groups in total. The van der Waals surface area contributed by atoms with Gasteiger partial charge in [-0.05, 0) is 30.0 Å². The summed E-state index contributed by atoms with van der Waals surface area (Å²) in [6.45, 7) is 0. The van der Waals surface area contributed by atoms with E-state index in [9.17, 15) is 41.5 Å². The zero-order valence-corrected chi connectivity index (χ0v) is 19.1. The van der Waals surface area contributed by atoms with Crippen molar-refractivity contribution in [3.8, 4) is 28.5 Å². The van der Waals surface area contributed by atoms with E-state index in [2.05, 4.69) is 21.3 Å². The van der Waals surface area contributed by atoms with Crippen LogP contribution in [0.5, 0.6) is 0 Å². The zero-order chi connectivity index (χ0) is 29.7. The molecule has 0 atom stereocenters. The number of alkyl halides is 6. The first-order valence-corrected chi connectivity index (χ1v) is 10.2. The fourth-order valence-electron chi connectivity index (χ4n) is 3.36. The van der Waals surface area contributed by atoms with Crippen LogP contribution < -0.4 is 5.73 Å². The molecule has 206 valence electrons. The number of hydrogen-bond donors (Lipinski definition) is 5. The largest absolute Gasteiger partial charge is 0.490 e.